The molecule has 0 saturated carbocycles. The summed E-state index contributed by atoms with van der Waals surface area (Å²) >= 11 is 6.12. The minimum atomic E-state index is -1.36. The quantitative estimate of drug-likeness (QED) is 0.521. The van der Waals surface area contributed by atoms with Crippen LogP contribution >= 0.6 is 11.6 Å². The summed E-state index contributed by atoms with van der Waals surface area (Å²) in [5.41, 5.74) is -1.77. The lowest BCUT2D eigenvalue weighted by Gasteiger charge is -2.41. The van der Waals surface area contributed by atoms with Gasteiger partial charge in [0.25, 0.3) is 5.91 Å². The molecule has 2 saturated heterocycles. The van der Waals surface area contributed by atoms with Crippen LogP contribution in [0.2, 0.25) is 5.02 Å². The predicted octanol–water partition coefficient (Wildman–Crippen LogP) is 3.43. The zero-order valence-electron chi connectivity index (χ0n) is 23.0. The van der Waals surface area contributed by atoms with Crippen molar-refractivity contribution in [2.24, 2.45) is 17.8 Å². The summed E-state index contributed by atoms with van der Waals surface area (Å²) < 4.78 is 6.87. The Bertz CT molecular complexity index is 1200. The molecule has 1 unspecified atom stereocenters. The fraction of sp³-hybridized carbons (Fsp3) is 0.567. The van der Waals surface area contributed by atoms with Crippen LogP contribution in [0.15, 0.2) is 48.6 Å². The number of fused-ring (bicyclic) bond motifs is 2. The van der Waals surface area contributed by atoms with Crippen molar-refractivity contribution in [1.82, 2.24) is 9.80 Å². The van der Waals surface area contributed by atoms with E-state index in [-0.39, 0.29) is 36.8 Å². The average molecular weight is 556 g/mol. The molecule has 2 fully saturated rings. The lowest BCUT2D eigenvalue weighted by Crippen LogP contribution is -2.60. The highest BCUT2D eigenvalue weighted by Crippen LogP contribution is 2.58. The number of amides is 3. The monoisotopic (exact) mass is 555 g/mol. The van der Waals surface area contributed by atoms with Crippen LogP contribution in [0.5, 0.6) is 0 Å². The van der Waals surface area contributed by atoms with Gasteiger partial charge in [0.05, 0.1) is 30.1 Å². The van der Waals surface area contributed by atoms with E-state index >= 15 is 0 Å². The summed E-state index contributed by atoms with van der Waals surface area (Å²) in [6.07, 6.45) is 9.02. The summed E-state index contributed by atoms with van der Waals surface area (Å²) in [5.74, 6) is -2.52. The van der Waals surface area contributed by atoms with E-state index in [0.29, 0.717) is 30.2 Å². The summed E-state index contributed by atoms with van der Waals surface area (Å²) in [4.78, 5) is 48.1. The summed E-state index contributed by atoms with van der Waals surface area (Å²) in [5, 5.41) is 11.1. The van der Waals surface area contributed by atoms with Gasteiger partial charge in [0.1, 0.15) is 11.6 Å². The van der Waals surface area contributed by atoms with Gasteiger partial charge in [-0.2, -0.15) is 0 Å². The molecule has 0 aliphatic carbocycles. The molecule has 210 valence electrons. The van der Waals surface area contributed by atoms with Gasteiger partial charge in [-0.1, -0.05) is 63.1 Å². The average Bonchev–Trinajstić information content (AvgIpc) is 3.19. The van der Waals surface area contributed by atoms with Crippen LogP contribution in [0.1, 0.15) is 40.5 Å². The molecule has 1 spiro atoms. The Morgan fingerprint density at radius 3 is 2.36 bits per heavy atom. The van der Waals surface area contributed by atoms with Crippen molar-refractivity contribution in [3.8, 4) is 0 Å². The van der Waals surface area contributed by atoms with E-state index in [4.69, 9.17) is 16.3 Å². The van der Waals surface area contributed by atoms with Gasteiger partial charge < -0.3 is 24.5 Å². The number of aliphatic hydroxyl groups is 1. The van der Waals surface area contributed by atoms with Crippen LogP contribution in [0, 0.1) is 17.8 Å². The molecule has 7 atom stereocenters. The standard InChI is InChI=1S/C30H38ClN3O5/c1-5-15-32-16-7-13-29(4)23(26(32)36)24-27(37)34(22(18-35)19(3)6-2)25-28(38)33(17-8-14-30(24,25)39-29)21-11-9-20(31)10-12-21/h7-14,19,22-25,35H,5-6,15-18H2,1-4H3/t19-,22-,23+,24-,25?,29-,30-/m0/s1. The molecule has 5 rings (SSSR count). The zero-order chi connectivity index (χ0) is 28.1. The third kappa shape index (κ3) is 4.23. The highest BCUT2D eigenvalue weighted by Gasteiger charge is 2.75. The molecule has 0 bridgehead atoms. The third-order valence-electron chi connectivity index (χ3n) is 9.06. The minimum absolute atomic E-state index is 0.0773. The van der Waals surface area contributed by atoms with Crippen LogP contribution in [0.3, 0.4) is 0 Å². The Labute approximate surface area is 235 Å². The normalized spacial score (nSPS) is 33.5. The van der Waals surface area contributed by atoms with Crippen LogP contribution in [-0.2, 0) is 19.1 Å². The second-order valence-corrected chi connectivity index (χ2v) is 11.8. The van der Waals surface area contributed by atoms with Crippen molar-refractivity contribution in [3.63, 3.8) is 0 Å². The second kappa shape index (κ2) is 10.4. The Morgan fingerprint density at radius 2 is 1.72 bits per heavy atom. The first-order chi connectivity index (χ1) is 18.6. The fourth-order valence-corrected chi connectivity index (χ4v) is 7.13. The molecule has 1 aromatic carbocycles. The van der Waals surface area contributed by atoms with E-state index in [0.717, 1.165) is 6.42 Å². The van der Waals surface area contributed by atoms with E-state index in [2.05, 4.69) is 0 Å². The van der Waals surface area contributed by atoms with Gasteiger partial charge in [-0.15, -0.1) is 0 Å². The molecule has 4 heterocycles. The van der Waals surface area contributed by atoms with Crippen molar-refractivity contribution in [2.45, 2.75) is 63.8 Å². The fourth-order valence-electron chi connectivity index (χ4n) is 7.01. The molecule has 4 aliphatic rings. The van der Waals surface area contributed by atoms with E-state index < -0.39 is 35.1 Å². The maximum atomic E-state index is 14.6. The number of hydrogen-bond acceptors (Lipinski definition) is 5. The zero-order valence-corrected chi connectivity index (χ0v) is 23.8. The molecule has 9 heteroatoms. The number of anilines is 1. The Kier molecular flexibility index (Phi) is 7.42. The van der Waals surface area contributed by atoms with Gasteiger partial charge in [0.2, 0.25) is 11.8 Å². The van der Waals surface area contributed by atoms with E-state index in [1.165, 1.54) is 0 Å². The molecular formula is C30H38ClN3O5. The van der Waals surface area contributed by atoms with Gasteiger partial charge in [-0.05, 0) is 43.5 Å². The molecule has 1 N–H and O–H groups in total. The molecule has 1 aromatic rings. The van der Waals surface area contributed by atoms with E-state index in [9.17, 15) is 19.5 Å². The summed E-state index contributed by atoms with van der Waals surface area (Å²) in [7, 11) is 0. The van der Waals surface area contributed by atoms with Gasteiger partial charge in [-0.25, -0.2) is 0 Å². The lowest BCUT2D eigenvalue weighted by molar-refractivity contribution is -0.152. The number of benzene rings is 1. The summed E-state index contributed by atoms with van der Waals surface area (Å²) in [6, 6.07) is 5.36. The van der Waals surface area contributed by atoms with Crippen LogP contribution < -0.4 is 4.90 Å². The number of likely N-dealkylation sites (tertiary alicyclic amines) is 1. The van der Waals surface area contributed by atoms with Crippen molar-refractivity contribution in [3.05, 3.63) is 53.6 Å². The molecule has 4 aliphatic heterocycles. The van der Waals surface area contributed by atoms with E-state index in [1.807, 2.05) is 52.0 Å². The Morgan fingerprint density at radius 1 is 1.03 bits per heavy atom. The number of aliphatic hydroxyl groups excluding tert-OH is 1. The maximum absolute atomic E-state index is 14.6. The Balaban J connectivity index is 1.68. The number of hydrogen-bond donors (Lipinski definition) is 1. The van der Waals surface area contributed by atoms with Gasteiger partial charge >= 0.3 is 0 Å². The number of carbonyl (C=O) groups is 3. The van der Waals surface area contributed by atoms with Crippen LogP contribution in [0.4, 0.5) is 5.69 Å². The smallest absolute Gasteiger partial charge is 0.253 e. The number of ether oxygens (including phenoxy) is 1. The summed E-state index contributed by atoms with van der Waals surface area (Å²) in [6.45, 7) is 8.83. The molecular weight excluding hydrogens is 518 g/mol. The number of halogens is 1. The highest BCUT2D eigenvalue weighted by molar-refractivity contribution is 6.30. The van der Waals surface area contributed by atoms with Crippen molar-refractivity contribution >= 4 is 35.0 Å². The van der Waals surface area contributed by atoms with Crippen LogP contribution in [-0.4, -0.2) is 82.2 Å². The SMILES string of the molecule is CCCN1CC=C[C@]2(C)O[C@]34C=CCN(c5ccc(Cl)cc5)C(=O)C3N([C@@H](CO)[C@@H](C)CC)C(=O)[C@@H]4[C@@H]2C1=O. The van der Waals surface area contributed by atoms with Gasteiger partial charge in [0, 0.05) is 30.3 Å². The third-order valence-corrected chi connectivity index (χ3v) is 9.31. The van der Waals surface area contributed by atoms with Gasteiger partial charge in [0.15, 0.2) is 0 Å². The molecule has 3 amide bonds. The molecule has 39 heavy (non-hydrogen) atoms. The Hall–Kier alpha value is -2.68. The number of rotatable bonds is 7. The number of carbonyl (C=O) groups excluding carboxylic acids is 3. The second-order valence-electron chi connectivity index (χ2n) is 11.4. The van der Waals surface area contributed by atoms with Gasteiger partial charge in [-0.3, -0.25) is 14.4 Å². The van der Waals surface area contributed by atoms with Crippen LogP contribution in [0.25, 0.3) is 0 Å². The molecule has 8 nitrogen and oxygen atoms in total. The highest BCUT2D eigenvalue weighted by atomic mass is 35.5. The first kappa shape index (κ1) is 27.9. The number of nitrogens with zero attached hydrogens (tertiary/aromatic N) is 3. The van der Waals surface area contributed by atoms with Crippen molar-refractivity contribution in [2.75, 3.05) is 31.1 Å². The molecule has 0 radical (unpaired) electrons. The largest absolute Gasteiger partial charge is 0.394 e. The van der Waals surface area contributed by atoms with Crippen molar-refractivity contribution in [1.29, 1.82) is 0 Å². The maximum Gasteiger partial charge on any atom is 0.253 e. The minimum Gasteiger partial charge on any atom is -0.394 e. The predicted molar refractivity (Wildman–Crippen MR) is 149 cm³/mol. The molecule has 0 aromatic heterocycles. The first-order valence-corrected chi connectivity index (χ1v) is 14.4. The topological polar surface area (TPSA) is 90.4 Å². The van der Waals surface area contributed by atoms with Crippen molar-refractivity contribution < 1.29 is 24.2 Å². The lowest BCUT2D eigenvalue weighted by atomic mass is 9.74. The van der Waals surface area contributed by atoms with E-state index in [1.54, 1.807) is 39.0 Å². The first-order valence-electron chi connectivity index (χ1n) is 14.0.